The van der Waals surface area contributed by atoms with Gasteiger partial charge in [0.2, 0.25) is 0 Å². The van der Waals surface area contributed by atoms with Crippen LogP contribution >= 0.6 is 11.6 Å². The summed E-state index contributed by atoms with van der Waals surface area (Å²) in [5.41, 5.74) is 6.38. The molecule has 5 heteroatoms. The minimum atomic E-state index is -1.25. The number of nitrogens with two attached hydrogens (primary N) is 1. The molecule has 1 aromatic rings. The van der Waals surface area contributed by atoms with Crippen LogP contribution in [0.3, 0.4) is 0 Å². The third kappa shape index (κ3) is 3.01. The standard InChI is InChI=1S/C14H20ClNO3/c1-5-14(16,13(17)19-6-2)11-8-10(15)7-9(3)12(11)18-4/h7-8H,5-6,16H2,1-4H3. The summed E-state index contributed by atoms with van der Waals surface area (Å²) < 4.78 is 10.4. The van der Waals surface area contributed by atoms with Crippen molar-refractivity contribution in [2.45, 2.75) is 32.7 Å². The zero-order valence-electron chi connectivity index (χ0n) is 11.7. The maximum absolute atomic E-state index is 12.1. The van der Waals surface area contributed by atoms with Crippen LogP contribution in [0.1, 0.15) is 31.4 Å². The monoisotopic (exact) mass is 285 g/mol. The molecule has 19 heavy (non-hydrogen) atoms. The summed E-state index contributed by atoms with van der Waals surface area (Å²) in [4.78, 5) is 12.1. The minimum absolute atomic E-state index is 0.277. The molecule has 1 rings (SSSR count). The third-order valence-electron chi connectivity index (χ3n) is 3.12. The first kappa shape index (κ1) is 15.8. The van der Waals surface area contributed by atoms with E-state index in [0.717, 1.165) is 5.56 Å². The number of rotatable bonds is 5. The number of carbonyl (C=O) groups excluding carboxylic acids is 1. The van der Waals surface area contributed by atoms with Crippen molar-refractivity contribution in [1.29, 1.82) is 0 Å². The molecule has 0 aromatic heterocycles. The maximum atomic E-state index is 12.1. The van der Waals surface area contributed by atoms with E-state index in [4.69, 9.17) is 26.8 Å². The molecule has 0 heterocycles. The number of hydrogen-bond donors (Lipinski definition) is 1. The van der Waals surface area contributed by atoms with Crippen LogP contribution in [0, 0.1) is 6.92 Å². The molecule has 0 radical (unpaired) electrons. The summed E-state index contributed by atoms with van der Waals surface area (Å²) in [6.45, 7) is 5.70. The van der Waals surface area contributed by atoms with Gasteiger partial charge in [0.15, 0.2) is 0 Å². The van der Waals surface area contributed by atoms with Gasteiger partial charge in [-0.25, -0.2) is 4.79 Å². The number of aryl methyl sites for hydroxylation is 1. The normalized spacial score (nSPS) is 13.8. The van der Waals surface area contributed by atoms with Gasteiger partial charge in [-0.1, -0.05) is 18.5 Å². The molecular formula is C14H20ClNO3. The predicted octanol–water partition coefficient (Wildman–Crippen LogP) is 2.78. The zero-order chi connectivity index (χ0) is 14.6. The molecule has 4 nitrogen and oxygen atoms in total. The Morgan fingerprint density at radius 3 is 2.53 bits per heavy atom. The van der Waals surface area contributed by atoms with Crippen LogP contribution in [0.2, 0.25) is 5.02 Å². The summed E-state index contributed by atoms with van der Waals surface area (Å²) in [7, 11) is 1.54. The average Bonchev–Trinajstić information content (AvgIpc) is 2.37. The van der Waals surface area contributed by atoms with Gasteiger partial charge in [0.1, 0.15) is 11.3 Å². The molecule has 0 aliphatic rings. The first-order chi connectivity index (χ1) is 8.90. The Morgan fingerprint density at radius 2 is 2.05 bits per heavy atom. The second-order valence-corrected chi connectivity index (χ2v) is 4.79. The summed E-state index contributed by atoms with van der Waals surface area (Å²) in [5, 5.41) is 0.515. The van der Waals surface area contributed by atoms with E-state index in [0.29, 0.717) is 22.8 Å². The van der Waals surface area contributed by atoms with Crippen molar-refractivity contribution in [3.8, 4) is 5.75 Å². The Hall–Kier alpha value is -1.26. The Morgan fingerprint density at radius 1 is 1.42 bits per heavy atom. The van der Waals surface area contributed by atoms with E-state index < -0.39 is 11.5 Å². The topological polar surface area (TPSA) is 61.5 Å². The lowest BCUT2D eigenvalue weighted by molar-refractivity contribution is -0.150. The number of esters is 1. The van der Waals surface area contributed by atoms with Gasteiger partial charge in [-0.05, 0) is 38.0 Å². The first-order valence-corrected chi connectivity index (χ1v) is 6.59. The lowest BCUT2D eigenvalue weighted by Gasteiger charge is -2.28. The summed E-state index contributed by atoms with van der Waals surface area (Å²) in [6, 6.07) is 3.43. The lowest BCUT2D eigenvalue weighted by atomic mass is 9.86. The van der Waals surface area contributed by atoms with Crippen molar-refractivity contribution < 1.29 is 14.3 Å². The Balaban J connectivity index is 3.43. The third-order valence-corrected chi connectivity index (χ3v) is 3.34. The van der Waals surface area contributed by atoms with Crippen LogP contribution in [-0.4, -0.2) is 19.7 Å². The van der Waals surface area contributed by atoms with Gasteiger partial charge >= 0.3 is 5.97 Å². The average molecular weight is 286 g/mol. The molecule has 0 aliphatic carbocycles. The van der Waals surface area contributed by atoms with Crippen LogP contribution in [0.5, 0.6) is 5.75 Å². The molecule has 0 bridgehead atoms. The Labute approximate surface area is 118 Å². The highest BCUT2D eigenvalue weighted by Crippen LogP contribution is 2.36. The number of benzene rings is 1. The summed E-state index contributed by atoms with van der Waals surface area (Å²) >= 11 is 6.06. The SMILES string of the molecule is CCOC(=O)C(N)(CC)c1cc(Cl)cc(C)c1OC. The second-order valence-electron chi connectivity index (χ2n) is 4.35. The van der Waals surface area contributed by atoms with Crippen molar-refractivity contribution >= 4 is 17.6 Å². The van der Waals surface area contributed by atoms with Gasteiger partial charge in [-0.3, -0.25) is 0 Å². The molecule has 0 saturated carbocycles. The molecule has 1 aromatic carbocycles. The van der Waals surface area contributed by atoms with Crippen LogP contribution in [0.4, 0.5) is 0 Å². The fraction of sp³-hybridized carbons (Fsp3) is 0.500. The predicted molar refractivity (Wildman–Crippen MR) is 75.5 cm³/mol. The molecule has 0 fully saturated rings. The molecule has 0 amide bonds. The van der Waals surface area contributed by atoms with Gasteiger partial charge in [-0.15, -0.1) is 0 Å². The van der Waals surface area contributed by atoms with Gasteiger partial charge in [0.05, 0.1) is 13.7 Å². The van der Waals surface area contributed by atoms with Crippen molar-refractivity contribution in [3.05, 3.63) is 28.3 Å². The molecule has 0 saturated heterocycles. The van der Waals surface area contributed by atoms with E-state index in [2.05, 4.69) is 0 Å². The molecule has 1 unspecified atom stereocenters. The molecule has 106 valence electrons. The van der Waals surface area contributed by atoms with E-state index in [1.165, 1.54) is 0 Å². The lowest BCUT2D eigenvalue weighted by Crippen LogP contribution is -2.46. The Bertz CT molecular complexity index is 476. The molecular weight excluding hydrogens is 266 g/mol. The fourth-order valence-corrected chi connectivity index (χ4v) is 2.31. The van der Waals surface area contributed by atoms with Crippen LogP contribution in [0.15, 0.2) is 12.1 Å². The van der Waals surface area contributed by atoms with Crippen molar-refractivity contribution in [2.75, 3.05) is 13.7 Å². The van der Waals surface area contributed by atoms with Crippen molar-refractivity contribution in [1.82, 2.24) is 0 Å². The van der Waals surface area contributed by atoms with E-state index in [9.17, 15) is 4.79 Å². The molecule has 2 N–H and O–H groups in total. The fourth-order valence-electron chi connectivity index (χ4n) is 2.04. The first-order valence-electron chi connectivity index (χ1n) is 6.21. The zero-order valence-corrected chi connectivity index (χ0v) is 12.5. The minimum Gasteiger partial charge on any atom is -0.496 e. The Kier molecular flexibility index (Phi) is 5.20. The second kappa shape index (κ2) is 6.26. The van der Waals surface area contributed by atoms with Crippen LogP contribution in [0.25, 0.3) is 0 Å². The maximum Gasteiger partial charge on any atom is 0.330 e. The largest absolute Gasteiger partial charge is 0.496 e. The summed E-state index contributed by atoms with van der Waals surface area (Å²) in [5.74, 6) is 0.0965. The summed E-state index contributed by atoms with van der Waals surface area (Å²) in [6.07, 6.45) is 0.391. The van der Waals surface area contributed by atoms with E-state index in [1.54, 1.807) is 26.2 Å². The highest BCUT2D eigenvalue weighted by molar-refractivity contribution is 6.30. The highest BCUT2D eigenvalue weighted by atomic mass is 35.5. The number of halogens is 1. The van der Waals surface area contributed by atoms with Crippen molar-refractivity contribution in [2.24, 2.45) is 5.73 Å². The van der Waals surface area contributed by atoms with Crippen molar-refractivity contribution in [3.63, 3.8) is 0 Å². The smallest absolute Gasteiger partial charge is 0.330 e. The number of hydrogen-bond acceptors (Lipinski definition) is 4. The van der Waals surface area contributed by atoms with Gasteiger partial charge < -0.3 is 15.2 Å². The highest BCUT2D eigenvalue weighted by Gasteiger charge is 2.39. The van der Waals surface area contributed by atoms with E-state index >= 15 is 0 Å². The van der Waals surface area contributed by atoms with Crippen LogP contribution in [-0.2, 0) is 15.1 Å². The van der Waals surface area contributed by atoms with Crippen LogP contribution < -0.4 is 10.5 Å². The number of ether oxygens (including phenoxy) is 2. The molecule has 1 atom stereocenters. The number of carbonyl (C=O) groups is 1. The molecule has 0 aliphatic heterocycles. The van der Waals surface area contributed by atoms with Gasteiger partial charge in [-0.2, -0.15) is 0 Å². The van der Waals surface area contributed by atoms with E-state index in [-0.39, 0.29) is 6.61 Å². The van der Waals surface area contributed by atoms with E-state index in [1.807, 2.05) is 13.8 Å². The number of methoxy groups -OCH3 is 1. The van der Waals surface area contributed by atoms with Gasteiger partial charge in [0.25, 0.3) is 0 Å². The molecule has 0 spiro atoms. The van der Waals surface area contributed by atoms with Gasteiger partial charge in [0, 0.05) is 10.6 Å². The quantitative estimate of drug-likeness (QED) is 0.845.